The van der Waals surface area contributed by atoms with E-state index in [-0.39, 0.29) is 67.9 Å². The van der Waals surface area contributed by atoms with Crippen LogP contribution in [-0.2, 0) is 34.0 Å². The van der Waals surface area contributed by atoms with Crippen molar-refractivity contribution in [3.63, 3.8) is 0 Å². The number of allylic oxidation sites excluding steroid dienone is 1. The first-order valence-corrected chi connectivity index (χ1v) is 11.0. The summed E-state index contributed by atoms with van der Waals surface area (Å²) in [4.78, 5) is 40.3. The van der Waals surface area contributed by atoms with Gasteiger partial charge in [0.25, 0.3) is 5.91 Å². The minimum absolute atomic E-state index is 0.0110. The zero-order valence-corrected chi connectivity index (χ0v) is 18.5. The Morgan fingerprint density at radius 3 is 2.88 bits per heavy atom. The molecule has 1 unspecified atom stereocenters. The number of nitrogens with one attached hydrogen (secondary N) is 1. The Kier molecular flexibility index (Phi) is 4.62. The Morgan fingerprint density at radius 1 is 1.21 bits per heavy atom. The number of hydrogen-bond donors (Lipinski definition) is 1. The topological polar surface area (TPSA) is 88.2 Å². The number of benzene rings is 2. The van der Waals surface area contributed by atoms with Gasteiger partial charge in [-0.25, -0.2) is 0 Å². The average molecular weight is 467 g/mol. The number of rotatable bonds is 6. The third-order valence-electron chi connectivity index (χ3n) is 6.00. The predicted octanol–water partition coefficient (Wildman–Crippen LogP) is 2.37. The highest BCUT2D eigenvalue weighted by molar-refractivity contribution is 6.02. The normalized spacial score (nSPS) is 22.9. The smallest absolute Gasteiger partial charge is 0.255 e. The van der Waals surface area contributed by atoms with E-state index < -0.39 is 24.5 Å². The van der Waals surface area contributed by atoms with Crippen molar-refractivity contribution in [2.45, 2.75) is 38.5 Å². The van der Waals surface area contributed by atoms with Gasteiger partial charge in [0.05, 0.1) is 20.0 Å². The maximum atomic E-state index is 13.1. The summed E-state index contributed by atoms with van der Waals surface area (Å²) in [6.45, 7) is 1.13. The van der Waals surface area contributed by atoms with Crippen molar-refractivity contribution in [2.75, 3.05) is 19.8 Å². The first-order valence-electron chi connectivity index (χ1n) is 13.5. The summed E-state index contributed by atoms with van der Waals surface area (Å²) >= 11 is 0. The summed E-state index contributed by atoms with van der Waals surface area (Å²) in [5.41, 5.74) is 1.42. The van der Waals surface area contributed by atoms with Crippen LogP contribution in [0.5, 0.6) is 5.75 Å². The molecule has 3 aliphatic rings. The van der Waals surface area contributed by atoms with Crippen LogP contribution >= 0.6 is 0 Å². The lowest BCUT2D eigenvalue weighted by molar-refractivity contribution is -0.143. The molecule has 1 atom stereocenters. The highest BCUT2D eigenvalue weighted by atomic mass is 16.5. The predicted molar refractivity (Wildman–Crippen MR) is 124 cm³/mol. The molecule has 3 amide bonds. The average Bonchev–Trinajstić information content (AvgIpc) is 3.23. The largest absolute Gasteiger partial charge is 0.489 e. The molecule has 176 valence electrons. The van der Waals surface area contributed by atoms with E-state index in [1.54, 1.807) is 18.2 Å². The highest BCUT2D eigenvalue weighted by Gasteiger charge is 2.39. The fraction of sp³-hybridized carbons (Fsp3) is 0.346. The summed E-state index contributed by atoms with van der Waals surface area (Å²) in [6, 6.07) is 4.44. The second-order valence-corrected chi connectivity index (χ2v) is 8.29. The summed E-state index contributed by atoms with van der Waals surface area (Å²) in [7, 11) is 0. The van der Waals surface area contributed by atoms with Crippen molar-refractivity contribution in [1.82, 2.24) is 15.1 Å². The lowest BCUT2D eigenvalue weighted by atomic mass is 10.0. The summed E-state index contributed by atoms with van der Waals surface area (Å²) in [5.74, 6) is -0.793. The molecule has 1 N–H and O–H groups in total. The number of ether oxygens (including phenoxy) is 2. The number of carbonyl (C=O) groups excluding carboxylic acids is 3. The molecule has 3 heterocycles. The van der Waals surface area contributed by atoms with Gasteiger partial charge in [0.2, 0.25) is 11.8 Å². The van der Waals surface area contributed by atoms with Gasteiger partial charge in [-0.15, -0.1) is 0 Å². The van der Waals surface area contributed by atoms with Crippen molar-refractivity contribution >= 4 is 17.7 Å². The zero-order chi connectivity index (χ0) is 28.1. The minimum Gasteiger partial charge on any atom is -0.489 e. The third kappa shape index (κ3) is 4.41. The molecule has 2 saturated heterocycles. The van der Waals surface area contributed by atoms with E-state index in [0.29, 0.717) is 35.4 Å². The molecule has 8 nitrogen and oxygen atoms in total. The third-order valence-corrected chi connectivity index (χ3v) is 6.00. The molecular weight excluding hydrogens is 434 g/mol. The van der Waals surface area contributed by atoms with Gasteiger partial charge < -0.3 is 24.6 Å². The number of fused-ring (bicyclic) bond motifs is 1. The monoisotopic (exact) mass is 466 g/mol. The number of amides is 3. The van der Waals surface area contributed by atoms with Crippen LogP contribution in [0.3, 0.4) is 0 Å². The second-order valence-electron chi connectivity index (χ2n) is 8.29. The molecule has 2 aromatic rings. The van der Waals surface area contributed by atoms with Crippen LogP contribution in [0.2, 0.25) is 0 Å². The SMILES string of the molecule is [2H]c1cc(C([2H])([2H])N2CCOCC2=O)c([2H])c([2H])c1COc1cccc2c1CN(C1CCC(=C)NC1=O)C2=O. The first kappa shape index (κ1) is 16.9. The Hall–Kier alpha value is -3.65. The van der Waals surface area contributed by atoms with Crippen LogP contribution in [0.1, 0.15) is 46.7 Å². The number of nitrogens with zero attached hydrogens (tertiary/aromatic N) is 2. The van der Waals surface area contributed by atoms with Gasteiger partial charge in [-0.2, -0.15) is 0 Å². The molecule has 0 aromatic heterocycles. The van der Waals surface area contributed by atoms with Crippen LogP contribution in [0.15, 0.2) is 54.7 Å². The maximum absolute atomic E-state index is 13.1. The van der Waals surface area contributed by atoms with Crippen LogP contribution in [0.4, 0.5) is 0 Å². The summed E-state index contributed by atoms with van der Waals surface area (Å²) in [5, 5.41) is 2.70. The van der Waals surface area contributed by atoms with Crippen molar-refractivity contribution in [3.05, 3.63) is 76.9 Å². The van der Waals surface area contributed by atoms with E-state index in [9.17, 15) is 14.4 Å². The summed E-state index contributed by atoms with van der Waals surface area (Å²) < 4.78 is 53.4. The van der Waals surface area contributed by atoms with Crippen LogP contribution in [0, 0.1) is 0 Å². The summed E-state index contributed by atoms with van der Waals surface area (Å²) in [6.07, 6.45) is 1.04. The van der Waals surface area contributed by atoms with E-state index in [0.717, 1.165) is 11.0 Å². The highest BCUT2D eigenvalue weighted by Crippen LogP contribution is 2.34. The Labute approximate surface area is 205 Å². The van der Waals surface area contributed by atoms with Crippen LogP contribution < -0.4 is 10.1 Å². The van der Waals surface area contributed by atoms with Gasteiger partial charge in [-0.05, 0) is 36.1 Å². The van der Waals surface area contributed by atoms with Crippen molar-refractivity contribution in [3.8, 4) is 5.75 Å². The quantitative estimate of drug-likeness (QED) is 0.706. The number of morpholine rings is 1. The number of piperidine rings is 1. The van der Waals surface area contributed by atoms with Gasteiger partial charge >= 0.3 is 0 Å². The molecule has 2 aromatic carbocycles. The van der Waals surface area contributed by atoms with Gasteiger partial charge in [0.1, 0.15) is 25.0 Å². The van der Waals surface area contributed by atoms with Crippen molar-refractivity contribution in [2.24, 2.45) is 0 Å². The Bertz CT molecular complexity index is 1400. The molecule has 0 spiro atoms. The molecule has 2 fully saturated rings. The fourth-order valence-corrected chi connectivity index (χ4v) is 4.22. The first-order chi connectivity index (χ1) is 18.5. The minimum atomic E-state index is -2.40. The number of hydrogen-bond acceptors (Lipinski definition) is 5. The van der Waals surface area contributed by atoms with Crippen molar-refractivity contribution in [1.29, 1.82) is 0 Å². The molecule has 0 bridgehead atoms. The van der Waals surface area contributed by atoms with Crippen molar-refractivity contribution < 1.29 is 30.7 Å². The standard InChI is InChI=1S/C26H27N3O5/c1-17-5-10-22(25(31)27-17)29-14-21-20(26(29)32)3-2-4-23(21)34-15-19-8-6-18(7-9-19)13-28-11-12-33-16-24(28)30/h2-4,6-9,22H,1,5,10-16H2,(H,27,31)/i6D,8D,9D,13D2. The van der Waals surface area contributed by atoms with Gasteiger partial charge in [0, 0.05) is 29.9 Å². The molecule has 34 heavy (non-hydrogen) atoms. The van der Waals surface area contributed by atoms with Gasteiger partial charge in [-0.1, -0.05) is 36.8 Å². The Morgan fingerprint density at radius 2 is 2.06 bits per heavy atom. The van der Waals surface area contributed by atoms with E-state index >= 15 is 0 Å². The van der Waals surface area contributed by atoms with Gasteiger partial charge in [0.15, 0.2) is 0 Å². The lowest BCUT2D eigenvalue weighted by Gasteiger charge is -2.31. The molecule has 0 radical (unpaired) electrons. The van der Waals surface area contributed by atoms with Gasteiger partial charge in [-0.3, -0.25) is 14.4 Å². The zero-order valence-electron chi connectivity index (χ0n) is 23.5. The number of carbonyl (C=O) groups is 3. The molecule has 0 aliphatic carbocycles. The molecule has 8 heteroatoms. The fourth-order valence-electron chi connectivity index (χ4n) is 4.22. The second kappa shape index (κ2) is 9.30. The van der Waals surface area contributed by atoms with E-state index in [1.165, 1.54) is 4.90 Å². The Balaban J connectivity index is 1.37. The maximum Gasteiger partial charge on any atom is 0.255 e. The lowest BCUT2D eigenvalue weighted by Crippen LogP contribution is -2.49. The molecule has 5 rings (SSSR count). The molecule has 0 saturated carbocycles. The van der Waals surface area contributed by atoms with E-state index in [4.69, 9.17) is 16.3 Å². The van der Waals surface area contributed by atoms with Crippen LogP contribution in [0.25, 0.3) is 0 Å². The molecular formula is C26H27N3O5. The van der Waals surface area contributed by atoms with E-state index in [2.05, 4.69) is 11.9 Å². The van der Waals surface area contributed by atoms with E-state index in [1.807, 2.05) is 0 Å². The van der Waals surface area contributed by atoms with Crippen LogP contribution in [-0.4, -0.2) is 53.3 Å². The molecule has 3 aliphatic heterocycles.